The summed E-state index contributed by atoms with van der Waals surface area (Å²) in [4.78, 5) is 38.7. The molecule has 1 aliphatic rings. The third-order valence-electron chi connectivity index (χ3n) is 4.37. The Morgan fingerprint density at radius 3 is 2.35 bits per heavy atom. The van der Waals surface area contributed by atoms with E-state index in [4.69, 9.17) is 14.2 Å². The van der Waals surface area contributed by atoms with Gasteiger partial charge in [-0.2, -0.15) is 0 Å². The molecule has 8 heteroatoms. The molecule has 1 saturated heterocycles. The number of nitrogens with zero attached hydrogens (tertiary/aromatic N) is 1. The van der Waals surface area contributed by atoms with Gasteiger partial charge in [-0.3, -0.25) is 14.9 Å². The maximum Gasteiger partial charge on any atom is 0.335 e. The molecule has 1 aliphatic heterocycles. The second-order valence-corrected chi connectivity index (χ2v) is 6.96. The van der Waals surface area contributed by atoms with Crippen molar-refractivity contribution in [3.05, 3.63) is 53.6 Å². The number of benzene rings is 2. The minimum atomic E-state index is -0.812. The Morgan fingerprint density at radius 2 is 1.74 bits per heavy atom. The molecule has 31 heavy (non-hydrogen) atoms. The molecule has 0 bridgehead atoms. The van der Waals surface area contributed by atoms with E-state index in [1.807, 2.05) is 20.8 Å². The lowest BCUT2D eigenvalue weighted by Crippen LogP contribution is -2.54. The number of amides is 4. The van der Waals surface area contributed by atoms with E-state index in [-0.39, 0.29) is 11.7 Å². The summed E-state index contributed by atoms with van der Waals surface area (Å²) in [6.07, 6.45) is 1.38. The molecule has 0 spiro atoms. The summed E-state index contributed by atoms with van der Waals surface area (Å²) in [5, 5.41) is 2.21. The summed E-state index contributed by atoms with van der Waals surface area (Å²) in [6.45, 7) is 6.08. The lowest BCUT2D eigenvalue weighted by molar-refractivity contribution is -0.122. The van der Waals surface area contributed by atoms with E-state index in [0.29, 0.717) is 35.1 Å². The van der Waals surface area contributed by atoms with E-state index >= 15 is 0 Å². The van der Waals surface area contributed by atoms with Crippen LogP contribution in [0.25, 0.3) is 6.08 Å². The van der Waals surface area contributed by atoms with Crippen molar-refractivity contribution in [2.45, 2.75) is 26.9 Å². The van der Waals surface area contributed by atoms with Gasteiger partial charge in [-0.25, -0.2) is 9.69 Å². The number of urea groups is 1. The van der Waals surface area contributed by atoms with Gasteiger partial charge in [0, 0.05) is 0 Å². The molecular formula is C23H24N2O6. The predicted molar refractivity (Wildman–Crippen MR) is 115 cm³/mol. The lowest BCUT2D eigenvalue weighted by atomic mass is 10.1. The Kier molecular flexibility index (Phi) is 6.59. The Hall–Kier alpha value is -3.81. The fourth-order valence-electron chi connectivity index (χ4n) is 3.02. The average molecular weight is 424 g/mol. The van der Waals surface area contributed by atoms with Crippen molar-refractivity contribution in [1.29, 1.82) is 0 Å². The summed E-state index contributed by atoms with van der Waals surface area (Å²) in [6, 6.07) is 10.7. The molecule has 0 radical (unpaired) electrons. The van der Waals surface area contributed by atoms with E-state index in [9.17, 15) is 14.4 Å². The fourth-order valence-corrected chi connectivity index (χ4v) is 3.02. The van der Waals surface area contributed by atoms with E-state index in [2.05, 4.69) is 5.32 Å². The minimum absolute atomic E-state index is 0.0434. The number of barbiturate groups is 1. The summed E-state index contributed by atoms with van der Waals surface area (Å²) in [5.74, 6) is 0.151. The molecule has 0 aliphatic carbocycles. The van der Waals surface area contributed by atoms with Crippen LogP contribution < -0.4 is 24.4 Å². The van der Waals surface area contributed by atoms with Crippen LogP contribution in [0.4, 0.5) is 10.5 Å². The summed E-state index contributed by atoms with van der Waals surface area (Å²) < 4.78 is 16.5. The fraction of sp³-hybridized carbons (Fsp3) is 0.261. The number of nitrogens with one attached hydrogen (secondary N) is 1. The van der Waals surface area contributed by atoms with Crippen LogP contribution in [0.3, 0.4) is 0 Å². The van der Waals surface area contributed by atoms with Crippen molar-refractivity contribution in [2.75, 3.05) is 18.6 Å². The average Bonchev–Trinajstić information content (AvgIpc) is 2.73. The highest BCUT2D eigenvalue weighted by Gasteiger charge is 2.36. The van der Waals surface area contributed by atoms with Crippen molar-refractivity contribution < 1.29 is 28.6 Å². The number of ether oxygens (including phenoxy) is 3. The van der Waals surface area contributed by atoms with E-state index in [0.717, 1.165) is 4.90 Å². The molecule has 8 nitrogen and oxygen atoms in total. The number of carbonyl (C=O) groups is 3. The second-order valence-electron chi connectivity index (χ2n) is 6.96. The third kappa shape index (κ3) is 4.85. The van der Waals surface area contributed by atoms with Gasteiger partial charge in [0.1, 0.15) is 11.3 Å². The number of rotatable bonds is 7. The highest BCUT2D eigenvalue weighted by molar-refractivity contribution is 6.39. The Bertz CT molecular complexity index is 1030. The number of carbonyl (C=O) groups excluding carboxylic acids is 3. The molecule has 0 unspecified atom stereocenters. The topological polar surface area (TPSA) is 94.2 Å². The van der Waals surface area contributed by atoms with Crippen LogP contribution in [0.2, 0.25) is 0 Å². The molecule has 2 aromatic rings. The first-order valence-electron chi connectivity index (χ1n) is 9.83. The Labute approximate surface area is 180 Å². The molecule has 1 N–H and O–H groups in total. The SMILES string of the molecule is CCOc1cc(/C=C2\C(=O)NC(=O)N(c3ccc(OC)cc3)C2=O)ccc1OC(C)C. The van der Waals surface area contributed by atoms with E-state index in [1.165, 1.54) is 13.2 Å². The number of imide groups is 2. The van der Waals surface area contributed by atoms with Crippen LogP contribution in [0, 0.1) is 0 Å². The van der Waals surface area contributed by atoms with Crippen molar-refractivity contribution in [3.63, 3.8) is 0 Å². The van der Waals surface area contributed by atoms with Gasteiger partial charge in [0.2, 0.25) is 0 Å². The first kappa shape index (κ1) is 21.9. The highest BCUT2D eigenvalue weighted by atomic mass is 16.5. The van der Waals surface area contributed by atoms with Crippen molar-refractivity contribution in [2.24, 2.45) is 0 Å². The molecule has 3 rings (SSSR count). The quantitative estimate of drug-likeness (QED) is 0.540. The van der Waals surface area contributed by atoms with Crippen LogP contribution in [0.15, 0.2) is 48.0 Å². The number of anilines is 1. The minimum Gasteiger partial charge on any atom is -0.497 e. The van der Waals surface area contributed by atoms with Crippen molar-refractivity contribution in [1.82, 2.24) is 5.32 Å². The van der Waals surface area contributed by atoms with E-state index < -0.39 is 17.8 Å². The molecule has 2 aromatic carbocycles. The normalized spacial score (nSPS) is 15.3. The van der Waals surface area contributed by atoms with Gasteiger partial charge >= 0.3 is 6.03 Å². The van der Waals surface area contributed by atoms with Gasteiger partial charge in [-0.15, -0.1) is 0 Å². The van der Waals surface area contributed by atoms with Gasteiger partial charge in [-0.1, -0.05) is 6.07 Å². The maximum atomic E-state index is 13.0. The second kappa shape index (κ2) is 9.34. The van der Waals surface area contributed by atoms with Crippen molar-refractivity contribution >= 4 is 29.6 Å². The molecule has 1 heterocycles. The first-order valence-corrected chi connectivity index (χ1v) is 9.83. The van der Waals surface area contributed by atoms with Crippen molar-refractivity contribution in [3.8, 4) is 17.2 Å². The first-order chi connectivity index (χ1) is 14.8. The Balaban J connectivity index is 1.96. The molecule has 1 fully saturated rings. The molecule has 162 valence electrons. The van der Waals surface area contributed by atoms with Gasteiger partial charge in [0.15, 0.2) is 11.5 Å². The van der Waals surface area contributed by atoms with Crippen LogP contribution >= 0.6 is 0 Å². The largest absolute Gasteiger partial charge is 0.497 e. The van der Waals surface area contributed by atoms with Gasteiger partial charge < -0.3 is 14.2 Å². The summed E-state index contributed by atoms with van der Waals surface area (Å²) in [7, 11) is 1.52. The zero-order valence-corrected chi connectivity index (χ0v) is 17.8. The maximum absolute atomic E-state index is 13.0. The summed E-state index contributed by atoms with van der Waals surface area (Å²) in [5.41, 5.74) is 0.704. The number of methoxy groups -OCH3 is 1. The molecule has 0 saturated carbocycles. The van der Waals surface area contributed by atoms with Gasteiger partial charge in [0.25, 0.3) is 11.8 Å². The molecule has 0 aromatic heterocycles. The standard InChI is InChI=1S/C23H24N2O6/c1-5-30-20-13-15(6-11-19(20)31-14(2)3)12-18-21(26)24-23(28)25(22(18)27)16-7-9-17(29-4)10-8-16/h6-14H,5H2,1-4H3,(H,24,26,28)/b18-12+. The smallest absolute Gasteiger partial charge is 0.335 e. The molecular weight excluding hydrogens is 400 g/mol. The zero-order chi connectivity index (χ0) is 22.5. The molecule has 0 atom stereocenters. The lowest BCUT2D eigenvalue weighted by Gasteiger charge is -2.26. The van der Waals surface area contributed by atoms with Crippen LogP contribution in [0.1, 0.15) is 26.3 Å². The van der Waals surface area contributed by atoms with E-state index in [1.54, 1.807) is 42.5 Å². The van der Waals surface area contributed by atoms with Crippen LogP contribution in [-0.2, 0) is 9.59 Å². The van der Waals surface area contributed by atoms with Crippen LogP contribution in [-0.4, -0.2) is 37.7 Å². The van der Waals surface area contributed by atoms with Gasteiger partial charge in [0.05, 0.1) is 25.5 Å². The monoisotopic (exact) mass is 424 g/mol. The van der Waals surface area contributed by atoms with Gasteiger partial charge in [-0.05, 0) is 68.8 Å². The van der Waals surface area contributed by atoms with Crippen LogP contribution in [0.5, 0.6) is 17.2 Å². The number of hydrogen-bond acceptors (Lipinski definition) is 6. The third-order valence-corrected chi connectivity index (χ3v) is 4.37. The number of hydrogen-bond donors (Lipinski definition) is 1. The molecule has 4 amide bonds. The predicted octanol–water partition coefficient (Wildman–Crippen LogP) is 3.55. The summed E-state index contributed by atoms with van der Waals surface area (Å²) >= 11 is 0. The highest BCUT2D eigenvalue weighted by Crippen LogP contribution is 2.31. The Morgan fingerprint density at radius 1 is 1.03 bits per heavy atom. The zero-order valence-electron chi connectivity index (χ0n) is 17.8.